The van der Waals surface area contributed by atoms with E-state index in [1.54, 1.807) is 0 Å². The SMILES string of the molecule is CCCN(c1csc(C=O)c1)C(C)C. The van der Waals surface area contributed by atoms with E-state index in [0.717, 1.165) is 24.1 Å². The molecule has 0 spiro atoms. The van der Waals surface area contributed by atoms with Crippen molar-refractivity contribution in [2.24, 2.45) is 0 Å². The lowest BCUT2D eigenvalue weighted by molar-refractivity contribution is 0.112. The summed E-state index contributed by atoms with van der Waals surface area (Å²) in [6.45, 7) is 7.57. The summed E-state index contributed by atoms with van der Waals surface area (Å²) in [6.07, 6.45) is 2.04. The van der Waals surface area contributed by atoms with Gasteiger partial charge in [-0.2, -0.15) is 0 Å². The summed E-state index contributed by atoms with van der Waals surface area (Å²) in [4.78, 5) is 13.7. The van der Waals surface area contributed by atoms with Gasteiger partial charge in [0.05, 0.1) is 4.88 Å². The summed E-state index contributed by atoms with van der Waals surface area (Å²) in [5, 5.41) is 2.05. The molecule has 0 saturated carbocycles. The molecule has 1 heterocycles. The molecule has 0 aliphatic carbocycles. The summed E-state index contributed by atoms with van der Waals surface area (Å²) < 4.78 is 0. The van der Waals surface area contributed by atoms with Gasteiger partial charge < -0.3 is 4.90 Å². The molecule has 2 nitrogen and oxygen atoms in total. The quantitative estimate of drug-likeness (QED) is 0.697. The highest BCUT2D eigenvalue weighted by molar-refractivity contribution is 7.12. The van der Waals surface area contributed by atoms with Crippen LogP contribution in [0.5, 0.6) is 0 Å². The van der Waals surface area contributed by atoms with Gasteiger partial charge in [-0.1, -0.05) is 6.92 Å². The highest BCUT2D eigenvalue weighted by Gasteiger charge is 2.10. The zero-order valence-corrected chi connectivity index (χ0v) is 9.80. The third-order valence-electron chi connectivity index (χ3n) is 2.14. The third kappa shape index (κ3) is 2.58. The van der Waals surface area contributed by atoms with Crippen molar-refractivity contribution >= 4 is 23.3 Å². The van der Waals surface area contributed by atoms with Crippen LogP contribution < -0.4 is 4.90 Å². The minimum absolute atomic E-state index is 0.490. The molecule has 0 amide bonds. The molecule has 0 unspecified atom stereocenters. The topological polar surface area (TPSA) is 20.3 Å². The first-order valence-electron chi connectivity index (χ1n) is 4.99. The van der Waals surface area contributed by atoms with Crippen LogP contribution in [0.15, 0.2) is 11.4 Å². The van der Waals surface area contributed by atoms with Crippen LogP contribution in [-0.2, 0) is 0 Å². The van der Waals surface area contributed by atoms with E-state index in [1.807, 2.05) is 6.07 Å². The van der Waals surface area contributed by atoms with Crippen LogP contribution in [-0.4, -0.2) is 18.9 Å². The van der Waals surface area contributed by atoms with E-state index in [4.69, 9.17) is 0 Å². The predicted octanol–water partition coefficient (Wildman–Crippen LogP) is 3.19. The molecule has 0 bridgehead atoms. The molecular weight excluding hydrogens is 194 g/mol. The Morgan fingerprint density at radius 1 is 1.57 bits per heavy atom. The van der Waals surface area contributed by atoms with E-state index in [1.165, 1.54) is 17.0 Å². The van der Waals surface area contributed by atoms with Gasteiger partial charge in [-0.15, -0.1) is 11.3 Å². The normalized spacial score (nSPS) is 10.6. The highest BCUT2D eigenvalue weighted by atomic mass is 32.1. The minimum atomic E-state index is 0.490. The second kappa shape index (κ2) is 5.15. The van der Waals surface area contributed by atoms with Crippen molar-refractivity contribution in [1.82, 2.24) is 0 Å². The number of hydrogen-bond acceptors (Lipinski definition) is 3. The standard InChI is InChI=1S/C11H17NOS/c1-4-5-12(9(2)3)10-6-11(7-13)14-8-10/h6-9H,4-5H2,1-3H3. The Morgan fingerprint density at radius 2 is 2.29 bits per heavy atom. The van der Waals surface area contributed by atoms with Gasteiger partial charge in [0.25, 0.3) is 0 Å². The molecule has 1 aromatic rings. The number of rotatable bonds is 5. The maximum atomic E-state index is 10.6. The number of anilines is 1. The lowest BCUT2D eigenvalue weighted by Gasteiger charge is -2.27. The van der Waals surface area contributed by atoms with Crippen molar-refractivity contribution in [3.63, 3.8) is 0 Å². The first-order valence-corrected chi connectivity index (χ1v) is 5.87. The smallest absolute Gasteiger partial charge is 0.160 e. The molecule has 0 radical (unpaired) electrons. The van der Waals surface area contributed by atoms with Gasteiger partial charge in [0.1, 0.15) is 0 Å². The molecule has 0 atom stereocenters. The third-order valence-corrected chi connectivity index (χ3v) is 2.99. The highest BCUT2D eigenvalue weighted by Crippen LogP contribution is 2.23. The maximum Gasteiger partial charge on any atom is 0.160 e. The number of aldehydes is 1. The minimum Gasteiger partial charge on any atom is -0.368 e. The summed E-state index contributed by atoms with van der Waals surface area (Å²) in [6, 6.07) is 2.46. The maximum absolute atomic E-state index is 10.6. The van der Waals surface area contributed by atoms with E-state index < -0.39 is 0 Å². The fourth-order valence-electron chi connectivity index (χ4n) is 1.48. The van der Waals surface area contributed by atoms with Crippen LogP contribution in [0.25, 0.3) is 0 Å². The Hall–Kier alpha value is -0.830. The number of nitrogens with zero attached hydrogens (tertiary/aromatic N) is 1. The molecule has 78 valence electrons. The molecule has 1 rings (SSSR count). The van der Waals surface area contributed by atoms with Crippen LogP contribution in [0, 0.1) is 0 Å². The Morgan fingerprint density at radius 3 is 2.71 bits per heavy atom. The van der Waals surface area contributed by atoms with Crippen molar-refractivity contribution in [2.75, 3.05) is 11.4 Å². The van der Waals surface area contributed by atoms with Crippen LogP contribution in [0.3, 0.4) is 0 Å². The van der Waals surface area contributed by atoms with Crippen LogP contribution in [0.1, 0.15) is 36.9 Å². The van der Waals surface area contributed by atoms with E-state index in [0.29, 0.717) is 6.04 Å². The Kier molecular flexibility index (Phi) is 4.14. The van der Waals surface area contributed by atoms with Gasteiger partial charge in [0.15, 0.2) is 6.29 Å². The molecule has 0 fully saturated rings. The monoisotopic (exact) mass is 211 g/mol. The van der Waals surface area contributed by atoms with Gasteiger partial charge >= 0.3 is 0 Å². The first-order chi connectivity index (χ1) is 6.69. The zero-order chi connectivity index (χ0) is 10.6. The van der Waals surface area contributed by atoms with Crippen molar-refractivity contribution in [3.05, 3.63) is 16.3 Å². The average molecular weight is 211 g/mol. The van der Waals surface area contributed by atoms with Crippen LogP contribution >= 0.6 is 11.3 Å². The predicted molar refractivity (Wildman–Crippen MR) is 62.5 cm³/mol. The van der Waals surface area contributed by atoms with Crippen LogP contribution in [0.2, 0.25) is 0 Å². The number of carbonyl (C=O) groups is 1. The summed E-state index contributed by atoms with van der Waals surface area (Å²) in [5.41, 5.74) is 1.17. The molecule has 3 heteroatoms. The van der Waals surface area contributed by atoms with Crippen molar-refractivity contribution in [1.29, 1.82) is 0 Å². The molecule has 1 aromatic heterocycles. The van der Waals surface area contributed by atoms with Crippen LogP contribution in [0.4, 0.5) is 5.69 Å². The van der Waals surface area contributed by atoms with Crippen molar-refractivity contribution in [2.45, 2.75) is 33.2 Å². The van der Waals surface area contributed by atoms with Gasteiger partial charge in [0.2, 0.25) is 0 Å². The fourth-order valence-corrected chi connectivity index (χ4v) is 2.19. The average Bonchev–Trinajstić information content (AvgIpc) is 2.61. The fraction of sp³-hybridized carbons (Fsp3) is 0.545. The van der Waals surface area contributed by atoms with Crippen molar-refractivity contribution in [3.8, 4) is 0 Å². The summed E-state index contributed by atoms with van der Waals surface area (Å²) >= 11 is 1.51. The molecular formula is C11H17NOS. The molecule has 0 saturated heterocycles. The second-order valence-electron chi connectivity index (χ2n) is 3.61. The molecule has 0 aliphatic heterocycles. The first kappa shape index (κ1) is 11.2. The number of thiophene rings is 1. The van der Waals surface area contributed by atoms with E-state index in [-0.39, 0.29) is 0 Å². The second-order valence-corrected chi connectivity index (χ2v) is 4.56. The molecule has 0 aliphatic rings. The largest absolute Gasteiger partial charge is 0.368 e. The van der Waals surface area contributed by atoms with Gasteiger partial charge in [-0.3, -0.25) is 4.79 Å². The molecule has 14 heavy (non-hydrogen) atoms. The van der Waals surface area contributed by atoms with Gasteiger partial charge in [-0.25, -0.2) is 0 Å². The van der Waals surface area contributed by atoms with E-state index in [2.05, 4.69) is 31.1 Å². The van der Waals surface area contributed by atoms with E-state index >= 15 is 0 Å². The van der Waals surface area contributed by atoms with Gasteiger partial charge in [-0.05, 0) is 26.3 Å². The molecule has 0 aromatic carbocycles. The zero-order valence-electron chi connectivity index (χ0n) is 8.99. The number of hydrogen-bond donors (Lipinski definition) is 0. The summed E-state index contributed by atoms with van der Waals surface area (Å²) in [5.74, 6) is 0. The van der Waals surface area contributed by atoms with Gasteiger partial charge in [0, 0.05) is 23.7 Å². The summed E-state index contributed by atoms with van der Waals surface area (Å²) in [7, 11) is 0. The lowest BCUT2D eigenvalue weighted by Crippen LogP contribution is -2.30. The number of carbonyl (C=O) groups excluding carboxylic acids is 1. The Labute approximate surface area is 89.5 Å². The van der Waals surface area contributed by atoms with Crippen molar-refractivity contribution < 1.29 is 4.79 Å². The Balaban J connectivity index is 2.81. The lowest BCUT2D eigenvalue weighted by atomic mass is 10.2. The van der Waals surface area contributed by atoms with E-state index in [9.17, 15) is 4.79 Å². The molecule has 0 N–H and O–H groups in total. The Bertz CT molecular complexity index is 293.